The molecule has 1 aliphatic heterocycles. The highest BCUT2D eigenvalue weighted by Gasteiger charge is 2.19. The van der Waals surface area contributed by atoms with Crippen LogP contribution in [0.15, 0.2) is 0 Å². The summed E-state index contributed by atoms with van der Waals surface area (Å²) in [6.45, 7) is 14.8. The first-order valence-corrected chi connectivity index (χ1v) is 7.83. The molecule has 0 aromatic heterocycles. The summed E-state index contributed by atoms with van der Waals surface area (Å²) in [6.07, 6.45) is 0.601. The van der Waals surface area contributed by atoms with Crippen LogP contribution in [-0.4, -0.2) is 43.5 Å². The zero-order chi connectivity index (χ0) is 15.6. The van der Waals surface area contributed by atoms with Crippen LogP contribution in [0.5, 0.6) is 0 Å². The van der Waals surface area contributed by atoms with Gasteiger partial charge in [-0.1, -0.05) is 0 Å². The number of benzene rings is 1. The van der Waals surface area contributed by atoms with Gasteiger partial charge in [0.1, 0.15) is 0 Å². The van der Waals surface area contributed by atoms with E-state index >= 15 is 0 Å². The lowest BCUT2D eigenvalue weighted by Gasteiger charge is -2.26. The number of hydrogen-bond donors (Lipinski definition) is 0. The molecule has 3 nitrogen and oxygen atoms in total. The van der Waals surface area contributed by atoms with Gasteiger partial charge >= 0.3 is 0 Å². The van der Waals surface area contributed by atoms with Crippen molar-refractivity contribution in [1.29, 1.82) is 0 Å². The maximum absolute atomic E-state index is 12.7. The largest absolute Gasteiger partial charge is 0.379 e. The van der Waals surface area contributed by atoms with E-state index in [0.29, 0.717) is 6.42 Å². The molecule has 0 unspecified atom stereocenters. The molecule has 0 radical (unpaired) electrons. The maximum atomic E-state index is 12.7. The molecular weight excluding hydrogens is 262 g/mol. The van der Waals surface area contributed by atoms with Crippen LogP contribution in [0.3, 0.4) is 0 Å². The van der Waals surface area contributed by atoms with Gasteiger partial charge in [-0.25, -0.2) is 0 Å². The number of Topliss-reactive ketones (excluding diaryl/α,β-unsaturated/α-hetero) is 1. The molecule has 3 heteroatoms. The summed E-state index contributed by atoms with van der Waals surface area (Å²) >= 11 is 0. The molecule has 21 heavy (non-hydrogen) atoms. The Bertz CT molecular complexity index is 514. The second-order valence-electron chi connectivity index (χ2n) is 6.13. The van der Waals surface area contributed by atoms with Crippen LogP contribution in [0, 0.1) is 34.6 Å². The van der Waals surface area contributed by atoms with Gasteiger partial charge in [0.2, 0.25) is 0 Å². The van der Waals surface area contributed by atoms with Crippen LogP contribution in [0.2, 0.25) is 0 Å². The molecule has 0 spiro atoms. The van der Waals surface area contributed by atoms with E-state index in [2.05, 4.69) is 39.5 Å². The summed E-state index contributed by atoms with van der Waals surface area (Å²) in [5.74, 6) is 0.280. The van der Waals surface area contributed by atoms with Gasteiger partial charge in [0.15, 0.2) is 5.78 Å². The van der Waals surface area contributed by atoms with Crippen molar-refractivity contribution in [1.82, 2.24) is 4.90 Å². The van der Waals surface area contributed by atoms with Crippen molar-refractivity contribution in [2.45, 2.75) is 41.0 Å². The zero-order valence-electron chi connectivity index (χ0n) is 14.0. The minimum absolute atomic E-state index is 0.280. The second kappa shape index (κ2) is 6.71. The van der Waals surface area contributed by atoms with Crippen LogP contribution in [0.25, 0.3) is 0 Å². The second-order valence-corrected chi connectivity index (χ2v) is 6.13. The molecule has 116 valence electrons. The van der Waals surface area contributed by atoms with Crippen LogP contribution in [0.1, 0.15) is 44.6 Å². The zero-order valence-corrected chi connectivity index (χ0v) is 14.0. The number of morpholine rings is 1. The van der Waals surface area contributed by atoms with Gasteiger partial charge in [-0.05, 0) is 62.4 Å². The normalized spacial score (nSPS) is 16.2. The Morgan fingerprint density at radius 3 is 1.90 bits per heavy atom. The predicted octanol–water partition coefficient (Wildman–Crippen LogP) is 3.13. The van der Waals surface area contributed by atoms with E-state index in [-0.39, 0.29) is 5.78 Å². The average Bonchev–Trinajstić information content (AvgIpc) is 2.50. The maximum Gasteiger partial charge on any atom is 0.164 e. The van der Waals surface area contributed by atoms with Crippen LogP contribution < -0.4 is 0 Å². The lowest BCUT2D eigenvalue weighted by atomic mass is 9.87. The Kier molecular flexibility index (Phi) is 5.17. The standard InChI is InChI=1S/C18H27NO2/c1-12-13(2)15(4)18(16(5)14(12)3)17(20)6-7-19-8-10-21-11-9-19/h6-11H2,1-5H3. The first-order valence-electron chi connectivity index (χ1n) is 7.83. The van der Waals surface area contributed by atoms with E-state index in [4.69, 9.17) is 4.74 Å². The number of nitrogens with zero attached hydrogens (tertiary/aromatic N) is 1. The van der Waals surface area contributed by atoms with E-state index in [9.17, 15) is 4.79 Å². The summed E-state index contributed by atoms with van der Waals surface area (Å²) in [7, 11) is 0. The third-order valence-electron chi connectivity index (χ3n) is 5.04. The Balaban J connectivity index is 2.15. The molecular formula is C18H27NO2. The van der Waals surface area contributed by atoms with Gasteiger partial charge in [-0.3, -0.25) is 9.69 Å². The predicted molar refractivity (Wildman–Crippen MR) is 86.3 cm³/mol. The average molecular weight is 289 g/mol. The van der Waals surface area contributed by atoms with Gasteiger partial charge in [-0.15, -0.1) is 0 Å². The molecule has 1 fully saturated rings. The Labute approximate surface area is 128 Å². The van der Waals surface area contributed by atoms with Gasteiger partial charge in [-0.2, -0.15) is 0 Å². The molecule has 0 saturated carbocycles. The van der Waals surface area contributed by atoms with Gasteiger partial charge in [0, 0.05) is 31.6 Å². The van der Waals surface area contributed by atoms with Crippen molar-refractivity contribution in [3.05, 3.63) is 33.4 Å². The highest BCUT2D eigenvalue weighted by atomic mass is 16.5. The lowest BCUT2D eigenvalue weighted by molar-refractivity contribution is 0.0370. The topological polar surface area (TPSA) is 29.5 Å². The Morgan fingerprint density at radius 2 is 1.38 bits per heavy atom. The molecule has 1 heterocycles. The number of rotatable bonds is 4. The molecule has 1 saturated heterocycles. The Morgan fingerprint density at radius 1 is 0.905 bits per heavy atom. The fourth-order valence-electron chi connectivity index (χ4n) is 3.13. The number of carbonyl (C=O) groups is 1. The fourth-order valence-corrected chi connectivity index (χ4v) is 3.13. The molecule has 0 N–H and O–H groups in total. The van der Waals surface area contributed by atoms with Crippen molar-refractivity contribution in [2.75, 3.05) is 32.8 Å². The molecule has 1 aromatic rings. The highest BCUT2D eigenvalue weighted by molar-refractivity contribution is 5.99. The van der Waals surface area contributed by atoms with E-state index in [1.54, 1.807) is 0 Å². The van der Waals surface area contributed by atoms with Crippen LogP contribution in [-0.2, 0) is 4.74 Å². The molecule has 1 aromatic carbocycles. The van der Waals surface area contributed by atoms with Crippen molar-refractivity contribution in [3.8, 4) is 0 Å². The highest BCUT2D eigenvalue weighted by Crippen LogP contribution is 2.27. The van der Waals surface area contributed by atoms with Crippen molar-refractivity contribution < 1.29 is 9.53 Å². The molecule has 0 atom stereocenters. The monoisotopic (exact) mass is 289 g/mol. The smallest absolute Gasteiger partial charge is 0.164 e. The number of ether oxygens (including phenoxy) is 1. The number of ketones is 1. The third-order valence-corrected chi connectivity index (χ3v) is 5.04. The summed E-state index contributed by atoms with van der Waals surface area (Å²) in [6, 6.07) is 0. The minimum Gasteiger partial charge on any atom is -0.379 e. The minimum atomic E-state index is 0.280. The van der Waals surface area contributed by atoms with Crippen molar-refractivity contribution in [2.24, 2.45) is 0 Å². The fraction of sp³-hybridized carbons (Fsp3) is 0.611. The quantitative estimate of drug-likeness (QED) is 0.798. The first kappa shape index (κ1) is 16.2. The van der Waals surface area contributed by atoms with E-state index in [1.807, 2.05) is 0 Å². The van der Waals surface area contributed by atoms with Crippen molar-refractivity contribution >= 4 is 5.78 Å². The number of hydrogen-bond acceptors (Lipinski definition) is 3. The molecule has 2 rings (SSSR count). The first-order chi connectivity index (χ1) is 9.93. The van der Waals surface area contributed by atoms with E-state index in [1.165, 1.54) is 16.7 Å². The molecule has 0 amide bonds. The van der Waals surface area contributed by atoms with Gasteiger partial charge in [0.25, 0.3) is 0 Å². The van der Waals surface area contributed by atoms with E-state index in [0.717, 1.165) is 49.5 Å². The molecule has 1 aliphatic rings. The summed E-state index contributed by atoms with van der Waals surface area (Å²) < 4.78 is 5.35. The summed E-state index contributed by atoms with van der Waals surface area (Å²) in [5.41, 5.74) is 7.09. The molecule has 0 aliphatic carbocycles. The van der Waals surface area contributed by atoms with Crippen molar-refractivity contribution in [3.63, 3.8) is 0 Å². The summed E-state index contributed by atoms with van der Waals surface area (Å²) in [4.78, 5) is 15.0. The number of carbonyl (C=O) groups excluding carboxylic acids is 1. The van der Waals surface area contributed by atoms with Gasteiger partial charge in [0.05, 0.1) is 13.2 Å². The molecule has 0 bridgehead atoms. The lowest BCUT2D eigenvalue weighted by Crippen LogP contribution is -2.37. The SMILES string of the molecule is Cc1c(C)c(C)c(C(=O)CCN2CCOCC2)c(C)c1C. The van der Waals surface area contributed by atoms with Crippen LogP contribution >= 0.6 is 0 Å². The Hall–Kier alpha value is -1.19. The van der Waals surface area contributed by atoms with Gasteiger partial charge < -0.3 is 4.74 Å². The third kappa shape index (κ3) is 3.35. The summed E-state index contributed by atoms with van der Waals surface area (Å²) in [5, 5.41) is 0. The van der Waals surface area contributed by atoms with E-state index < -0.39 is 0 Å². The van der Waals surface area contributed by atoms with Crippen LogP contribution in [0.4, 0.5) is 0 Å².